The predicted molar refractivity (Wildman–Crippen MR) is 204 cm³/mol. The summed E-state index contributed by atoms with van der Waals surface area (Å²) in [5.74, 6) is 1.51. The number of hydrogen-bond acceptors (Lipinski definition) is 9. The van der Waals surface area contributed by atoms with E-state index in [0.717, 1.165) is 77.5 Å². The number of phenols is 1. The Morgan fingerprint density at radius 3 is 2.21 bits per heavy atom. The average molecular weight is 877 g/mol. The topological polar surface area (TPSA) is 105 Å². The summed E-state index contributed by atoms with van der Waals surface area (Å²) in [5.41, 5.74) is -5.32. The minimum atomic E-state index is -6.64. The van der Waals surface area contributed by atoms with Crippen molar-refractivity contribution in [3.63, 3.8) is 0 Å². The van der Waals surface area contributed by atoms with Gasteiger partial charge in [-0.05, 0) is 94.6 Å². The van der Waals surface area contributed by atoms with Crippen LogP contribution in [0.25, 0.3) is 32.9 Å². The van der Waals surface area contributed by atoms with E-state index in [2.05, 4.69) is 38.1 Å². The predicted octanol–water partition coefficient (Wildman–Crippen LogP) is 9.38. The summed E-state index contributed by atoms with van der Waals surface area (Å²) in [5, 5.41) is 19.1. The number of rotatable bonds is 10. The number of ether oxygens (including phenoxy) is 2. The van der Waals surface area contributed by atoms with Crippen LogP contribution in [0.3, 0.4) is 0 Å². The van der Waals surface area contributed by atoms with Crippen molar-refractivity contribution in [2.45, 2.75) is 100 Å². The van der Waals surface area contributed by atoms with Crippen LogP contribution >= 0.6 is 0 Å². The zero-order valence-electron chi connectivity index (χ0n) is 33.1. The number of aromatic nitrogens is 3. The molecule has 3 N–H and O–H groups in total. The fourth-order valence-electron chi connectivity index (χ4n) is 8.51. The molecule has 0 amide bonds. The number of benzene rings is 2. The number of pyridine rings is 1. The monoisotopic (exact) mass is 876 g/mol. The van der Waals surface area contributed by atoms with Gasteiger partial charge in [0.15, 0.2) is 5.82 Å². The van der Waals surface area contributed by atoms with Crippen LogP contribution in [0.15, 0.2) is 24.3 Å². The van der Waals surface area contributed by atoms with Crippen molar-refractivity contribution in [3.8, 4) is 35.4 Å². The number of nitrogens with zero attached hydrogens (tertiary/aromatic N) is 4. The number of nitrogens with one attached hydrogen (secondary N) is 2. The van der Waals surface area contributed by atoms with Gasteiger partial charge in [-0.15, -0.1) is 6.42 Å². The first-order valence-corrected chi connectivity index (χ1v) is 19.6. The van der Waals surface area contributed by atoms with Gasteiger partial charge in [-0.25, -0.2) is 13.8 Å². The highest BCUT2D eigenvalue weighted by molar-refractivity contribution is 6.03. The number of terminal acetylenes is 1. The first-order chi connectivity index (χ1) is 28.7. The second-order valence-electron chi connectivity index (χ2n) is 15.3. The lowest BCUT2D eigenvalue weighted by molar-refractivity contribution is -0.452. The molecular formula is C41H43F11N6O3. The zero-order valence-corrected chi connectivity index (χ0v) is 33.1. The van der Waals surface area contributed by atoms with Crippen molar-refractivity contribution in [2.24, 2.45) is 0 Å². The first kappa shape index (κ1) is 45.8. The number of anilines is 1. The van der Waals surface area contributed by atoms with Gasteiger partial charge in [0, 0.05) is 30.6 Å². The Kier molecular flexibility index (Phi) is 13.2. The molecule has 3 aliphatic rings. The van der Waals surface area contributed by atoms with Gasteiger partial charge in [-0.2, -0.15) is 49.5 Å². The van der Waals surface area contributed by atoms with Crippen LogP contribution < -0.4 is 15.4 Å². The van der Waals surface area contributed by atoms with Crippen molar-refractivity contribution >= 4 is 27.5 Å². The molecule has 1 unspecified atom stereocenters. The fourth-order valence-corrected chi connectivity index (χ4v) is 8.51. The second-order valence-corrected chi connectivity index (χ2v) is 15.3. The molecule has 0 saturated carbocycles. The van der Waals surface area contributed by atoms with E-state index in [1.54, 1.807) is 0 Å². The van der Waals surface area contributed by atoms with E-state index in [1.807, 2.05) is 0 Å². The number of aryl methyl sites for hydroxylation is 1. The van der Waals surface area contributed by atoms with Gasteiger partial charge in [0.05, 0.1) is 22.2 Å². The van der Waals surface area contributed by atoms with E-state index < -0.39 is 35.8 Å². The molecule has 2 fully saturated rings. The van der Waals surface area contributed by atoms with Gasteiger partial charge < -0.3 is 25.2 Å². The molecule has 9 nitrogen and oxygen atoms in total. The molecule has 0 bridgehead atoms. The molecule has 2 saturated heterocycles. The summed E-state index contributed by atoms with van der Waals surface area (Å²) < 4.78 is 147. The SMILES string of the molecule is C#Cc1c(F)ccc2cc(O)cc(-c3nc4c5c(nc(OCC67CCCN6CCC7)nc5c3F)NC(CNCCCC)CCC4)c12.COC(C(F)(F)F)(C(F)(F)F)C(F)(F)F. The molecule has 61 heavy (non-hydrogen) atoms. The third-order valence-corrected chi connectivity index (χ3v) is 11.5. The van der Waals surface area contributed by atoms with Crippen LogP contribution in [0.5, 0.6) is 11.8 Å². The van der Waals surface area contributed by atoms with Crippen molar-refractivity contribution < 1.29 is 62.9 Å². The zero-order chi connectivity index (χ0) is 44.5. The molecule has 0 aliphatic carbocycles. The van der Waals surface area contributed by atoms with Crippen LogP contribution in [0, 0.1) is 24.0 Å². The summed E-state index contributed by atoms with van der Waals surface area (Å²) >= 11 is 0. The Balaban J connectivity index is 0.000000356. The van der Waals surface area contributed by atoms with Crippen LogP contribution in [0.1, 0.15) is 69.5 Å². The molecule has 4 aromatic rings. The number of unbranched alkanes of at least 4 members (excludes halogenated alkanes) is 1. The molecule has 2 aromatic heterocycles. The average Bonchev–Trinajstić information content (AvgIpc) is 3.75. The summed E-state index contributed by atoms with van der Waals surface area (Å²) in [7, 11) is -0.311. The quantitative estimate of drug-likeness (QED) is 0.0817. The molecular weight excluding hydrogens is 833 g/mol. The smallest absolute Gasteiger partial charge is 0.435 e. The highest BCUT2D eigenvalue weighted by Crippen LogP contribution is 2.54. The van der Waals surface area contributed by atoms with Crippen LogP contribution in [-0.2, 0) is 11.2 Å². The molecule has 5 heterocycles. The van der Waals surface area contributed by atoms with Gasteiger partial charge >= 0.3 is 30.1 Å². The number of hydrogen-bond donors (Lipinski definition) is 3. The summed E-state index contributed by atoms with van der Waals surface area (Å²) in [6.07, 6.45) is -5.37. The molecule has 7 rings (SSSR count). The number of phenolic OH excluding ortho intramolecular Hbond substituents is 1. The standard InChI is InChI=1S/C36H40F2N6O2.C5H3F9O/c1-3-5-15-39-20-23-9-6-10-28-30-33(42-35(43-34(30)40-23)46-21-36-13-7-16-44(36)17-8-14-36)31(38)32(41-28)26-19-24(45)18-22-11-12-27(37)25(4-2)29(22)26;1-15-2(3(6,7)8,4(9,10)11)5(12,13)14/h2,11-12,18-19,23,39,45H,3,5-10,13-17,20-21H2,1H3,(H,40,42,43);1H3. The van der Waals surface area contributed by atoms with E-state index in [1.165, 1.54) is 24.3 Å². The van der Waals surface area contributed by atoms with Crippen LogP contribution in [0.4, 0.5) is 54.1 Å². The minimum Gasteiger partial charge on any atom is -0.508 e. The third kappa shape index (κ3) is 8.70. The van der Waals surface area contributed by atoms with E-state index in [-0.39, 0.29) is 52.8 Å². The summed E-state index contributed by atoms with van der Waals surface area (Å²) in [6, 6.07) is 5.83. The Labute approximate surface area is 343 Å². The minimum absolute atomic E-state index is 0.0131. The fraction of sp³-hybridized carbons (Fsp3) is 0.537. The van der Waals surface area contributed by atoms with Crippen molar-refractivity contribution in [3.05, 3.63) is 47.2 Å². The maximum Gasteiger partial charge on any atom is 0.435 e. The number of fused-ring (bicyclic) bond motifs is 2. The lowest BCUT2D eigenvalue weighted by Crippen LogP contribution is -2.67. The molecule has 20 heteroatoms. The lowest BCUT2D eigenvalue weighted by Gasteiger charge is -2.36. The molecule has 0 radical (unpaired) electrons. The maximum atomic E-state index is 16.9. The van der Waals surface area contributed by atoms with Gasteiger partial charge in [0.25, 0.3) is 0 Å². The summed E-state index contributed by atoms with van der Waals surface area (Å²) in [6.45, 7) is 6.41. The first-order valence-electron chi connectivity index (χ1n) is 19.6. The Hall–Kier alpha value is -4.74. The van der Waals surface area contributed by atoms with Gasteiger partial charge in [0.1, 0.15) is 35.2 Å². The van der Waals surface area contributed by atoms with Crippen molar-refractivity contribution in [2.75, 3.05) is 45.2 Å². The molecule has 1 atom stereocenters. The highest BCUT2D eigenvalue weighted by Gasteiger charge is 2.85. The van der Waals surface area contributed by atoms with E-state index >= 15 is 4.39 Å². The normalized spacial score (nSPS) is 18.2. The Morgan fingerprint density at radius 2 is 1.62 bits per heavy atom. The molecule has 2 aromatic carbocycles. The number of methoxy groups -OCH3 is 1. The van der Waals surface area contributed by atoms with Gasteiger partial charge in [-0.3, -0.25) is 4.90 Å². The highest BCUT2D eigenvalue weighted by atomic mass is 19.4. The Morgan fingerprint density at radius 1 is 0.951 bits per heavy atom. The lowest BCUT2D eigenvalue weighted by atomic mass is 9.94. The number of aromatic hydroxyl groups is 1. The maximum absolute atomic E-state index is 16.9. The Bertz CT molecular complexity index is 2230. The molecule has 332 valence electrons. The van der Waals surface area contributed by atoms with Crippen LogP contribution in [0.2, 0.25) is 0 Å². The van der Waals surface area contributed by atoms with Crippen LogP contribution in [-0.4, -0.2) is 101 Å². The number of halogens is 11. The van der Waals surface area contributed by atoms with Crippen molar-refractivity contribution in [1.29, 1.82) is 0 Å². The van der Waals surface area contributed by atoms with E-state index in [4.69, 9.17) is 21.1 Å². The van der Waals surface area contributed by atoms with Gasteiger partial charge in [-0.1, -0.05) is 25.3 Å². The largest absolute Gasteiger partial charge is 0.508 e. The van der Waals surface area contributed by atoms with Crippen molar-refractivity contribution in [1.82, 2.24) is 25.2 Å². The number of alkyl halides is 9. The van der Waals surface area contributed by atoms with E-state index in [9.17, 15) is 49.0 Å². The third-order valence-electron chi connectivity index (χ3n) is 11.5. The van der Waals surface area contributed by atoms with Gasteiger partial charge in [0.2, 0.25) is 0 Å². The molecule has 0 spiro atoms. The second kappa shape index (κ2) is 17.6. The molecule has 3 aliphatic heterocycles. The van der Waals surface area contributed by atoms with E-state index in [0.29, 0.717) is 40.7 Å². The summed E-state index contributed by atoms with van der Waals surface area (Å²) in [4.78, 5) is 16.8.